The summed E-state index contributed by atoms with van der Waals surface area (Å²) in [6.07, 6.45) is 0.699. The fourth-order valence-electron chi connectivity index (χ4n) is 3.35. The fourth-order valence-corrected chi connectivity index (χ4v) is 3.35. The van der Waals surface area contributed by atoms with E-state index in [1.165, 1.54) is 11.1 Å². The Morgan fingerprint density at radius 1 is 1.00 bits per heavy atom. The van der Waals surface area contributed by atoms with Crippen LogP contribution in [-0.2, 0) is 22.6 Å². The first kappa shape index (κ1) is 23.7. The lowest BCUT2D eigenvalue weighted by molar-refractivity contribution is -0.159. The molecule has 10 heteroatoms. The van der Waals surface area contributed by atoms with Crippen LogP contribution < -0.4 is 9.47 Å². The zero-order chi connectivity index (χ0) is 23.8. The van der Waals surface area contributed by atoms with Crippen LogP contribution in [0, 0.1) is 0 Å². The number of rotatable bonds is 7. The number of ether oxygens (including phenoxy) is 2. The average Bonchev–Trinajstić information content (AvgIpc) is 3.24. The number of carboxylic acid groups (broad SMARTS) is 2. The second-order valence-electron chi connectivity index (χ2n) is 7.43. The topological polar surface area (TPSA) is 135 Å². The standard InChI is InChI=1S/C21H23N3O3.C2H2O4/c1-25-18-8-16(9-19(11-18)26-2)12-24-13-17(14-24)21-22-20(23-27-21)10-15-6-4-3-5-7-15;3-1(4)2(5)6/h3-9,11,17H,10,12-14H2,1-2H3;(H,3,4)(H,5,6). The molecule has 1 aromatic heterocycles. The van der Waals surface area contributed by atoms with Crippen LogP contribution in [0.1, 0.15) is 28.8 Å². The zero-order valence-corrected chi connectivity index (χ0v) is 18.3. The van der Waals surface area contributed by atoms with Gasteiger partial charge in [0.25, 0.3) is 0 Å². The van der Waals surface area contributed by atoms with Crippen molar-refractivity contribution in [2.45, 2.75) is 18.9 Å². The molecule has 0 unspecified atom stereocenters. The van der Waals surface area contributed by atoms with Gasteiger partial charge in [0.05, 0.1) is 20.1 Å². The Morgan fingerprint density at radius 2 is 1.61 bits per heavy atom. The molecule has 2 heterocycles. The van der Waals surface area contributed by atoms with E-state index in [1.807, 2.05) is 36.4 Å². The number of hydrogen-bond donors (Lipinski definition) is 2. The van der Waals surface area contributed by atoms with Crippen LogP contribution in [0.2, 0.25) is 0 Å². The first-order valence-corrected chi connectivity index (χ1v) is 10.1. The molecule has 3 aromatic rings. The summed E-state index contributed by atoms with van der Waals surface area (Å²) < 4.78 is 16.2. The molecule has 1 saturated heterocycles. The molecule has 0 bridgehead atoms. The maximum absolute atomic E-state index is 9.10. The second kappa shape index (κ2) is 11.1. The molecule has 2 N–H and O–H groups in total. The number of likely N-dealkylation sites (tertiary alicyclic amines) is 1. The number of aromatic nitrogens is 2. The summed E-state index contributed by atoms with van der Waals surface area (Å²) in [5.74, 6) is -0.250. The lowest BCUT2D eigenvalue weighted by Gasteiger charge is -2.37. The molecule has 4 rings (SSSR count). The van der Waals surface area contributed by atoms with Crippen LogP contribution in [0.3, 0.4) is 0 Å². The summed E-state index contributed by atoms with van der Waals surface area (Å²) in [5.41, 5.74) is 2.35. The van der Waals surface area contributed by atoms with Gasteiger partial charge in [0.1, 0.15) is 11.5 Å². The number of hydrogen-bond acceptors (Lipinski definition) is 8. The molecule has 0 saturated carbocycles. The van der Waals surface area contributed by atoms with Gasteiger partial charge in [-0.2, -0.15) is 4.98 Å². The molecule has 10 nitrogen and oxygen atoms in total. The SMILES string of the molecule is COc1cc(CN2CC(c3nc(Cc4ccccc4)no3)C2)cc(OC)c1.O=C(O)C(=O)O. The monoisotopic (exact) mass is 455 g/mol. The van der Waals surface area contributed by atoms with Gasteiger partial charge in [-0.05, 0) is 23.3 Å². The smallest absolute Gasteiger partial charge is 0.414 e. The lowest BCUT2D eigenvalue weighted by Crippen LogP contribution is -2.44. The summed E-state index contributed by atoms with van der Waals surface area (Å²) in [6.45, 7) is 2.66. The Bertz CT molecular complexity index is 1040. The minimum atomic E-state index is -1.82. The Labute approximate surface area is 190 Å². The average molecular weight is 455 g/mol. The van der Waals surface area contributed by atoms with Crippen molar-refractivity contribution >= 4 is 11.9 Å². The Kier molecular flexibility index (Phi) is 7.98. The van der Waals surface area contributed by atoms with Crippen molar-refractivity contribution in [1.82, 2.24) is 15.0 Å². The summed E-state index contributed by atoms with van der Waals surface area (Å²) in [5, 5.41) is 18.9. The van der Waals surface area contributed by atoms with Gasteiger partial charge < -0.3 is 24.2 Å². The van der Waals surface area contributed by atoms with Gasteiger partial charge in [0.2, 0.25) is 5.89 Å². The molecule has 0 aliphatic carbocycles. The minimum Gasteiger partial charge on any atom is -0.497 e. The molecule has 0 radical (unpaired) electrons. The van der Waals surface area contributed by atoms with E-state index in [0.717, 1.165) is 42.8 Å². The Balaban J connectivity index is 0.000000454. The quantitative estimate of drug-likeness (QED) is 0.511. The van der Waals surface area contributed by atoms with Gasteiger partial charge >= 0.3 is 11.9 Å². The maximum Gasteiger partial charge on any atom is 0.414 e. The predicted molar refractivity (Wildman–Crippen MR) is 116 cm³/mol. The number of carboxylic acids is 2. The van der Waals surface area contributed by atoms with E-state index in [2.05, 4.69) is 27.2 Å². The molecule has 1 aliphatic rings. The van der Waals surface area contributed by atoms with Crippen LogP contribution in [-0.4, -0.2) is 64.5 Å². The van der Waals surface area contributed by atoms with E-state index in [9.17, 15) is 0 Å². The van der Waals surface area contributed by atoms with Crippen molar-refractivity contribution < 1.29 is 33.8 Å². The number of methoxy groups -OCH3 is 2. The first-order valence-electron chi connectivity index (χ1n) is 10.1. The van der Waals surface area contributed by atoms with Gasteiger partial charge in [-0.15, -0.1) is 0 Å². The molecule has 0 spiro atoms. The maximum atomic E-state index is 9.10. The van der Waals surface area contributed by atoms with Crippen LogP contribution >= 0.6 is 0 Å². The number of carbonyl (C=O) groups is 2. The minimum absolute atomic E-state index is 0.300. The normalized spacial score (nSPS) is 13.4. The molecule has 1 fully saturated rings. The van der Waals surface area contributed by atoms with Crippen molar-refractivity contribution in [2.24, 2.45) is 0 Å². The molecule has 174 valence electrons. The Morgan fingerprint density at radius 3 is 2.15 bits per heavy atom. The van der Waals surface area contributed by atoms with Crippen molar-refractivity contribution in [3.05, 3.63) is 71.4 Å². The number of nitrogens with zero attached hydrogens (tertiary/aromatic N) is 3. The van der Waals surface area contributed by atoms with Gasteiger partial charge in [-0.1, -0.05) is 35.5 Å². The Hall–Kier alpha value is -3.92. The van der Waals surface area contributed by atoms with E-state index >= 15 is 0 Å². The fraction of sp³-hybridized carbons (Fsp3) is 0.304. The third-order valence-corrected chi connectivity index (χ3v) is 5.00. The van der Waals surface area contributed by atoms with Crippen molar-refractivity contribution in [3.8, 4) is 11.5 Å². The van der Waals surface area contributed by atoms with E-state index in [0.29, 0.717) is 12.3 Å². The highest BCUT2D eigenvalue weighted by atomic mass is 16.5. The highest BCUT2D eigenvalue weighted by Gasteiger charge is 2.32. The number of aliphatic carboxylic acids is 2. The highest BCUT2D eigenvalue weighted by Crippen LogP contribution is 2.29. The van der Waals surface area contributed by atoms with Gasteiger partial charge in [-0.3, -0.25) is 4.90 Å². The first-order chi connectivity index (χ1) is 15.9. The van der Waals surface area contributed by atoms with E-state index in [-0.39, 0.29) is 0 Å². The predicted octanol–water partition coefficient (Wildman–Crippen LogP) is 2.43. The molecule has 2 aromatic carbocycles. The molecular weight excluding hydrogens is 430 g/mol. The molecule has 1 aliphatic heterocycles. The lowest BCUT2D eigenvalue weighted by atomic mass is 9.99. The van der Waals surface area contributed by atoms with Crippen molar-refractivity contribution in [3.63, 3.8) is 0 Å². The van der Waals surface area contributed by atoms with Crippen LogP contribution in [0.4, 0.5) is 0 Å². The van der Waals surface area contributed by atoms with E-state index in [4.69, 9.17) is 33.8 Å². The summed E-state index contributed by atoms with van der Waals surface area (Å²) in [4.78, 5) is 25.1. The number of benzene rings is 2. The van der Waals surface area contributed by atoms with E-state index in [1.54, 1.807) is 14.2 Å². The van der Waals surface area contributed by atoms with Gasteiger partial charge in [-0.25, -0.2) is 9.59 Å². The molecular formula is C23H25N3O7. The third kappa shape index (κ3) is 6.78. The molecule has 33 heavy (non-hydrogen) atoms. The summed E-state index contributed by atoms with van der Waals surface area (Å²) in [7, 11) is 3.33. The van der Waals surface area contributed by atoms with E-state index < -0.39 is 11.9 Å². The molecule has 0 atom stereocenters. The van der Waals surface area contributed by atoms with Crippen LogP contribution in [0.25, 0.3) is 0 Å². The zero-order valence-electron chi connectivity index (χ0n) is 18.3. The molecule has 0 amide bonds. The van der Waals surface area contributed by atoms with Crippen LogP contribution in [0.15, 0.2) is 53.1 Å². The third-order valence-electron chi connectivity index (χ3n) is 5.00. The van der Waals surface area contributed by atoms with Gasteiger partial charge in [0.15, 0.2) is 5.82 Å². The summed E-state index contributed by atoms with van der Waals surface area (Å²) in [6, 6.07) is 16.2. The van der Waals surface area contributed by atoms with Crippen molar-refractivity contribution in [2.75, 3.05) is 27.3 Å². The van der Waals surface area contributed by atoms with Gasteiger partial charge in [0, 0.05) is 32.1 Å². The highest BCUT2D eigenvalue weighted by molar-refractivity contribution is 6.27. The largest absolute Gasteiger partial charge is 0.497 e. The summed E-state index contributed by atoms with van der Waals surface area (Å²) >= 11 is 0. The second-order valence-corrected chi connectivity index (χ2v) is 7.43. The van der Waals surface area contributed by atoms with Crippen LogP contribution in [0.5, 0.6) is 11.5 Å². The van der Waals surface area contributed by atoms with Crippen molar-refractivity contribution in [1.29, 1.82) is 0 Å².